The van der Waals surface area contributed by atoms with Gasteiger partial charge in [-0.25, -0.2) is 0 Å². The maximum Gasteiger partial charge on any atom is 0.121 e. The monoisotopic (exact) mass is 347 g/mol. The molecule has 0 saturated carbocycles. The van der Waals surface area contributed by atoms with Gasteiger partial charge in [0.15, 0.2) is 0 Å². The number of rotatable bonds is 19. The van der Waals surface area contributed by atoms with Crippen LogP contribution in [-0.2, 0) is 4.74 Å². The van der Waals surface area contributed by atoms with Crippen LogP contribution in [0.4, 0.5) is 0 Å². The Balaban J connectivity index is 3.10. The normalized spacial score (nSPS) is 12.1. The molecule has 0 aromatic rings. The van der Waals surface area contributed by atoms with Crippen LogP contribution in [0.5, 0.6) is 0 Å². The van der Waals surface area contributed by atoms with Gasteiger partial charge in [-0.05, 0) is 18.9 Å². The predicted octanol–water partition coefficient (Wildman–Crippen LogP) is 8.68. The quantitative estimate of drug-likeness (QED) is 0.129. The largest absolute Gasteiger partial charge is 0.498 e. The molecule has 0 aliphatic carbocycles. The van der Waals surface area contributed by atoms with Gasteiger partial charge in [0.2, 0.25) is 0 Å². The molecule has 0 bridgehead atoms. The van der Waals surface area contributed by atoms with E-state index >= 15 is 0 Å². The molecule has 0 aromatic heterocycles. The molecule has 0 aromatic carbocycles. The minimum Gasteiger partial charge on any atom is -0.498 e. The van der Waals surface area contributed by atoms with Crippen molar-refractivity contribution in [2.75, 3.05) is 0 Å². The summed E-state index contributed by atoms with van der Waals surface area (Å²) in [6.07, 6.45) is 34.4. The van der Waals surface area contributed by atoms with Gasteiger partial charge in [-0.1, -0.05) is 121 Å². The maximum absolute atomic E-state index is 4.58. The third-order valence-electron chi connectivity index (χ3n) is 4.62. The van der Waals surface area contributed by atoms with E-state index < -0.39 is 0 Å². The first kappa shape index (κ1) is 24.0. The summed E-state index contributed by atoms with van der Waals surface area (Å²) in [6.45, 7) is 2.29. The Morgan fingerprint density at radius 2 is 1.00 bits per heavy atom. The summed E-state index contributed by atoms with van der Waals surface area (Å²) in [5.74, 6) is 0. The molecular weight excluding hydrogens is 304 g/mol. The Labute approximate surface area is 158 Å². The molecule has 1 heteroatoms. The van der Waals surface area contributed by atoms with Crippen LogP contribution in [0.2, 0.25) is 0 Å². The zero-order valence-corrected chi connectivity index (χ0v) is 16.9. The Kier molecular flexibility index (Phi) is 22.1. The minimum absolute atomic E-state index is 1.19. The van der Waals surface area contributed by atoms with Crippen LogP contribution in [-0.4, -0.2) is 0 Å². The summed E-state index contributed by atoms with van der Waals surface area (Å²) >= 11 is 0. The molecule has 1 nitrogen and oxygen atoms in total. The second-order valence-corrected chi connectivity index (χ2v) is 7.05. The second kappa shape index (κ2) is 23.0. The van der Waals surface area contributed by atoms with Crippen molar-refractivity contribution in [2.24, 2.45) is 0 Å². The van der Waals surface area contributed by atoms with Crippen molar-refractivity contribution < 1.29 is 4.74 Å². The Morgan fingerprint density at radius 1 is 0.560 bits per heavy atom. The molecular formula is C24H43O. The number of ether oxygens (including phenoxy) is 1. The molecule has 0 unspecified atom stereocenters. The molecule has 0 saturated heterocycles. The highest BCUT2D eigenvalue weighted by Crippen LogP contribution is 2.13. The van der Waals surface area contributed by atoms with Crippen LogP contribution in [0.15, 0.2) is 36.6 Å². The fourth-order valence-corrected chi connectivity index (χ4v) is 3.04. The van der Waals surface area contributed by atoms with E-state index in [1.165, 1.54) is 103 Å². The lowest BCUT2D eigenvalue weighted by atomic mass is 10.0. The molecule has 1 radical (unpaired) electrons. The fraction of sp³-hybridized carbons (Fsp3) is 0.708. The van der Waals surface area contributed by atoms with Crippen LogP contribution < -0.4 is 0 Å². The number of hydrogen-bond donors (Lipinski definition) is 0. The lowest BCUT2D eigenvalue weighted by Gasteiger charge is -2.03. The van der Waals surface area contributed by atoms with Crippen LogP contribution in [0.3, 0.4) is 0 Å². The van der Waals surface area contributed by atoms with E-state index in [2.05, 4.69) is 30.9 Å². The molecule has 0 atom stereocenters. The molecule has 25 heavy (non-hydrogen) atoms. The summed E-state index contributed by atoms with van der Waals surface area (Å²) in [5, 5.41) is 0. The van der Waals surface area contributed by atoms with Gasteiger partial charge in [-0.2, -0.15) is 0 Å². The Morgan fingerprint density at radius 3 is 1.48 bits per heavy atom. The highest BCUT2D eigenvalue weighted by Gasteiger charge is 1.94. The molecule has 0 N–H and O–H groups in total. The van der Waals surface area contributed by atoms with E-state index in [1.807, 2.05) is 18.2 Å². The molecule has 0 spiro atoms. The highest BCUT2D eigenvalue weighted by atomic mass is 16.5. The Hall–Kier alpha value is -0.980. The molecule has 0 fully saturated rings. The standard InChI is InChI=1S/C24H43O/c1-3-4-5-6-7-8-9-10-11-12-13-14-15-16-17-18-19-20-21-22-23-24-25-2/h19-24H,2-18H2,1H3/b20-19+,22-21+,24-23+. The van der Waals surface area contributed by atoms with Gasteiger partial charge >= 0.3 is 0 Å². The van der Waals surface area contributed by atoms with Crippen molar-refractivity contribution in [1.82, 2.24) is 0 Å². The van der Waals surface area contributed by atoms with Gasteiger partial charge in [0.25, 0.3) is 0 Å². The zero-order chi connectivity index (χ0) is 18.3. The predicted molar refractivity (Wildman–Crippen MR) is 113 cm³/mol. The third-order valence-corrected chi connectivity index (χ3v) is 4.62. The van der Waals surface area contributed by atoms with Crippen LogP contribution in [0.1, 0.15) is 110 Å². The lowest BCUT2D eigenvalue weighted by Crippen LogP contribution is -1.83. The summed E-state index contributed by atoms with van der Waals surface area (Å²) in [4.78, 5) is 0. The van der Waals surface area contributed by atoms with Crippen molar-refractivity contribution in [1.29, 1.82) is 0 Å². The Bertz CT molecular complexity index is 314. The molecule has 0 heterocycles. The van der Waals surface area contributed by atoms with Gasteiger partial charge in [-0.15, -0.1) is 0 Å². The SMILES string of the molecule is [CH2]O/C=C/C=C/C=C/CCCCCCCCCCCCCCCCC. The number of hydrogen-bond acceptors (Lipinski definition) is 1. The van der Waals surface area contributed by atoms with E-state index in [0.717, 1.165) is 0 Å². The van der Waals surface area contributed by atoms with E-state index in [-0.39, 0.29) is 0 Å². The van der Waals surface area contributed by atoms with Gasteiger partial charge < -0.3 is 4.74 Å². The molecule has 0 amide bonds. The van der Waals surface area contributed by atoms with Gasteiger partial charge in [0, 0.05) is 0 Å². The summed E-state index contributed by atoms with van der Waals surface area (Å²) in [6, 6.07) is 0. The zero-order valence-electron chi connectivity index (χ0n) is 16.9. The highest BCUT2D eigenvalue weighted by molar-refractivity contribution is 5.09. The van der Waals surface area contributed by atoms with Crippen LogP contribution >= 0.6 is 0 Å². The fourth-order valence-electron chi connectivity index (χ4n) is 3.04. The maximum atomic E-state index is 4.58. The summed E-state index contributed by atoms with van der Waals surface area (Å²) < 4.78 is 4.58. The van der Waals surface area contributed by atoms with Crippen LogP contribution in [0, 0.1) is 7.11 Å². The first-order valence-electron chi connectivity index (χ1n) is 10.8. The molecule has 0 aliphatic rings. The van der Waals surface area contributed by atoms with Gasteiger partial charge in [0.05, 0.1) is 6.26 Å². The van der Waals surface area contributed by atoms with E-state index in [9.17, 15) is 0 Å². The van der Waals surface area contributed by atoms with E-state index in [1.54, 1.807) is 6.26 Å². The third kappa shape index (κ3) is 23.0. The van der Waals surface area contributed by atoms with Crippen molar-refractivity contribution in [3.8, 4) is 0 Å². The average molecular weight is 348 g/mol. The van der Waals surface area contributed by atoms with Gasteiger partial charge in [-0.3, -0.25) is 0 Å². The summed E-state index contributed by atoms with van der Waals surface area (Å²) in [5.41, 5.74) is 0. The van der Waals surface area contributed by atoms with Crippen molar-refractivity contribution in [2.45, 2.75) is 110 Å². The minimum atomic E-state index is 1.19. The average Bonchev–Trinajstić information content (AvgIpc) is 2.63. The van der Waals surface area contributed by atoms with E-state index in [0.29, 0.717) is 0 Å². The summed E-state index contributed by atoms with van der Waals surface area (Å²) in [7, 11) is 3.27. The smallest absolute Gasteiger partial charge is 0.121 e. The lowest BCUT2D eigenvalue weighted by molar-refractivity contribution is 0.394. The van der Waals surface area contributed by atoms with Crippen molar-refractivity contribution >= 4 is 0 Å². The number of unbranched alkanes of at least 4 members (excludes halogenated alkanes) is 15. The van der Waals surface area contributed by atoms with Gasteiger partial charge in [0.1, 0.15) is 7.11 Å². The van der Waals surface area contributed by atoms with Crippen molar-refractivity contribution in [3.63, 3.8) is 0 Å². The molecule has 0 aliphatic heterocycles. The molecule has 0 rings (SSSR count). The van der Waals surface area contributed by atoms with E-state index in [4.69, 9.17) is 0 Å². The van der Waals surface area contributed by atoms with Crippen LogP contribution in [0.25, 0.3) is 0 Å². The topological polar surface area (TPSA) is 9.23 Å². The second-order valence-electron chi connectivity index (χ2n) is 7.05. The van der Waals surface area contributed by atoms with Crippen molar-refractivity contribution in [3.05, 3.63) is 43.8 Å². The number of allylic oxidation sites excluding steroid dienone is 5. The molecule has 145 valence electrons. The first-order chi connectivity index (χ1) is 12.4. The first-order valence-corrected chi connectivity index (χ1v) is 10.8.